The molecule has 0 aromatic rings. The van der Waals surface area contributed by atoms with Gasteiger partial charge in [-0.25, -0.2) is 0 Å². The predicted molar refractivity (Wildman–Crippen MR) is 325 cm³/mol. The lowest BCUT2D eigenvalue weighted by molar-refractivity contribution is -0.167. The minimum absolute atomic E-state index is 0.0890. The van der Waals surface area contributed by atoms with Gasteiger partial charge in [0.15, 0.2) is 6.10 Å². The number of carbonyl (C=O) groups is 3. The van der Waals surface area contributed by atoms with Crippen molar-refractivity contribution in [1.29, 1.82) is 0 Å². The summed E-state index contributed by atoms with van der Waals surface area (Å²) in [4.78, 5) is 38.2. The molecule has 6 heteroatoms. The van der Waals surface area contributed by atoms with E-state index in [1.165, 1.54) is 193 Å². The van der Waals surface area contributed by atoms with Crippen LogP contribution in [-0.4, -0.2) is 37.2 Å². The average Bonchev–Trinajstić information content (AvgIpc) is 3.41. The summed E-state index contributed by atoms with van der Waals surface area (Å²) in [5.74, 6) is -0.917. The zero-order chi connectivity index (χ0) is 54.3. The van der Waals surface area contributed by atoms with Crippen LogP contribution in [-0.2, 0) is 28.6 Å². The molecule has 0 aliphatic rings. The highest BCUT2D eigenvalue weighted by atomic mass is 16.6. The quantitative estimate of drug-likeness (QED) is 0.0261. The fourth-order valence-corrected chi connectivity index (χ4v) is 9.39. The first kappa shape index (κ1) is 71.8. The average molecular weight is 1050 g/mol. The summed E-state index contributed by atoms with van der Waals surface area (Å²) >= 11 is 0. The van der Waals surface area contributed by atoms with E-state index in [0.29, 0.717) is 19.3 Å². The molecule has 0 spiro atoms. The van der Waals surface area contributed by atoms with Crippen molar-refractivity contribution in [2.75, 3.05) is 13.2 Å². The summed E-state index contributed by atoms with van der Waals surface area (Å²) in [5, 5.41) is 0. The molecule has 0 bridgehead atoms. The van der Waals surface area contributed by atoms with Crippen LogP contribution in [0.1, 0.15) is 329 Å². The molecule has 0 saturated carbocycles. The maximum atomic E-state index is 12.9. The Labute approximate surface area is 465 Å². The van der Waals surface area contributed by atoms with Crippen molar-refractivity contribution in [1.82, 2.24) is 0 Å². The first-order chi connectivity index (χ1) is 37.0. The third-order valence-electron chi connectivity index (χ3n) is 14.2. The SMILES string of the molecule is CC/C=C\C/C=C\C/C=C\C/C=C\C/C=C\C/C=C\CCCCC(=O)OC(COC(=O)CCCCCCCCCCCCC)COC(=O)CCCCCCCCCCCCCCCCCCCCCCCCCCC. The number of rotatable bonds is 59. The van der Waals surface area contributed by atoms with Crippen LogP contribution >= 0.6 is 0 Å². The fourth-order valence-electron chi connectivity index (χ4n) is 9.39. The van der Waals surface area contributed by atoms with Gasteiger partial charge < -0.3 is 14.2 Å². The molecule has 0 amide bonds. The highest BCUT2D eigenvalue weighted by molar-refractivity contribution is 5.71. The van der Waals surface area contributed by atoms with Gasteiger partial charge in [0.1, 0.15) is 13.2 Å². The Morgan fingerprint density at radius 3 is 0.813 bits per heavy atom. The maximum absolute atomic E-state index is 12.9. The van der Waals surface area contributed by atoms with Gasteiger partial charge in [-0.3, -0.25) is 14.4 Å². The Hall–Kier alpha value is -3.15. The molecule has 0 aromatic carbocycles. The van der Waals surface area contributed by atoms with Crippen molar-refractivity contribution in [3.63, 3.8) is 0 Å². The molecular weight excluding hydrogens is 925 g/mol. The first-order valence-electron chi connectivity index (χ1n) is 32.4. The van der Waals surface area contributed by atoms with Crippen LogP contribution in [0.15, 0.2) is 72.9 Å². The lowest BCUT2D eigenvalue weighted by Crippen LogP contribution is -2.30. The molecule has 1 atom stereocenters. The van der Waals surface area contributed by atoms with E-state index in [1.54, 1.807) is 0 Å². The Balaban J connectivity index is 4.29. The molecular formula is C69H122O6. The number of carbonyl (C=O) groups excluding carboxylic acids is 3. The standard InChI is InChI=1S/C69H122O6/c1-4-7-10-13-16-19-22-24-26-28-30-32-33-34-35-37-38-40-42-44-47-50-53-56-59-62-68(71)74-65-66(64-73-67(70)61-58-55-52-49-46-21-18-15-12-9-6-3)75-69(72)63-60-57-54-51-48-45-43-41-39-36-31-29-27-25-23-20-17-14-11-8-5-2/h8,11,17,20,25,27,31,36,41,43,48,51,66H,4-7,9-10,12-16,18-19,21-24,26,28-30,32-35,37-40,42,44-47,49-50,52-65H2,1-3H3/b11-8-,20-17-,27-25-,36-31-,43-41-,51-48-. The summed E-state index contributed by atoms with van der Waals surface area (Å²) in [7, 11) is 0. The van der Waals surface area contributed by atoms with Crippen molar-refractivity contribution >= 4 is 17.9 Å². The van der Waals surface area contributed by atoms with Crippen LogP contribution in [0.25, 0.3) is 0 Å². The Bertz CT molecular complexity index is 1390. The molecule has 75 heavy (non-hydrogen) atoms. The van der Waals surface area contributed by atoms with Gasteiger partial charge >= 0.3 is 17.9 Å². The van der Waals surface area contributed by atoms with E-state index >= 15 is 0 Å². The number of hydrogen-bond donors (Lipinski definition) is 0. The molecule has 0 rings (SSSR count). The van der Waals surface area contributed by atoms with Gasteiger partial charge in [-0.2, -0.15) is 0 Å². The highest BCUT2D eigenvalue weighted by Crippen LogP contribution is 2.17. The summed E-state index contributed by atoms with van der Waals surface area (Å²) in [6.45, 7) is 6.53. The zero-order valence-electron chi connectivity index (χ0n) is 49.8. The lowest BCUT2D eigenvalue weighted by Gasteiger charge is -2.18. The van der Waals surface area contributed by atoms with Crippen molar-refractivity contribution in [3.8, 4) is 0 Å². The second-order valence-electron chi connectivity index (χ2n) is 21.7. The second-order valence-corrected chi connectivity index (χ2v) is 21.7. The van der Waals surface area contributed by atoms with E-state index in [-0.39, 0.29) is 37.5 Å². The smallest absolute Gasteiger partial charge is 0.306 e. The van der Waals surface area contributed by atoms with Crippen LogP contribution in [0, 0.1) is 0 Å². The van der Waals surface area contributed by atoms with Gasteiger partial charge in [0.2, 0.25) is 0 Å². The molecule has 0 aliphatic heterocycles. The van der Waals surface area contributed by atoms with Crippen LogP contribution in [0.4, 0.5) is 0 Å². The van der Waals surface area contributed by atoms with Crippen LogP contribution in [0.2, 0.25) is 0 Å². The van der Waals surface area contributed by atoms with Gasteiger partial charge in [0.05, 0.1) is 0 Å². The number of allylic oxidation sites excluding steroid dienone is 12. The summed E-state index contributed by atoms with van der Waals surface area (Å²) in [6.07, 6.45) is 82.1. The van der Waals surface area contributed by atoms with Crippen LogP contribution in [0.5, 0.6) is 0 Å². The topological polar surface area (TPSA) is 78.9 Å². The van der Waals surface area contributed by atoms with Gasteiger partial charge in [0, 0.05) is 19.3 Å². The zero-order valence-corrected chi connectivity index (χ0v) is 49.8. The maximum Gasteiger partial charge on any atom is 0.306 e. The molecule has 0 heterocycles. The Kier molecular flexibility index (Phi) is 60.7. The van der Waals surface area contributed by atoms with E-state index in [1.807, 2.05) is 0 Å². The van der Waals surface area contributed by atoms with E-state index < -0.39 is 6.10 Å². The predicted octanol–water partition coefficient (Wildman–Crippen LogP) is 22.1. The van der Waals surface area contributed by atoms with E-state index in [0.717, 1.165) is 89.9 Å². The van der Waals surface area contributed by atoms with Gasteiger partial charge in [0.25, 0.3) is 0 Å². The monoisotopic (exact) mass is 1050 g/mol. The Morgan fingerprint density at radius 2 is 0.520 bits per heavy atom. The van der Waals surface area contributed by atoms with Gasteiger partial charge in [-0.05, 0) is 70.6 Å². The molecule has 0 radical (unpaired) electrons. The van der Waals surface area contributed by atoms with Gasteiger partial charge in [-0.1, -0.05) is 312 Å². The lowest BCUT2D eigenvalue weighted by atomic mass is 10.0. The van der Waals surface area contributed by atoms with Crippen molar-refractivity contribution in [2.45, 2.75) is 335 Å². The highest BCUT2D eigenvalue weighted by Gasteiger charge is 2.19. The molecule has 0 saturated heterocycles. The molecule has 1 unspecified atom stereocenters. The first-order valence-corrected chi connectivity index (χ1v) is 32.4. The summed E-state index contributed by atoms with van der Waals surface area (Å²) < 4.78 is 16.9. The van der Waals surface area contributed by atoms with E-state index in [2.05, 4.69) is 93.7 Å². The fraction of sp³-hybridized carbons (Fsp3) is 0.783. The number of esters is 3. The van der Waals surface area contributed by atoms with Crippen LogP contribution in [0.3, 0.4) is 0 Å². The number of unbranched alkanes of at least 4 members (excludes halogenated alkanes) is 36. The van der Waals surface area contributed by atoms with Crippen LogP contribution < -0.4 is 0 Å². The van der Waals surface area contributed by atoms with E-state index in [4.69, 9.17) is 14.2 Å². The minimum atomic E-state index is -0.796. The molecule has 434 valence electrons. The molecule has 0 fully saturated rings. The summed E-state index contributed by atoms with van der Waals surface area (Å²) in [6, 6.07) is 0. The third-order valence-corrected chi connectivity index (χ3v) is 14.2. The third kappa shape index (κ3) is 61.6. The Morgan fingerprint density at radius 1 is 0.280 bits per heavy atom. The largest absolute Gasteiger partial charge is 0.462 e. The van der Waals surface area contributed by atoms with Crippen molar-refractivity contribution in [3.05, 3.63) is 72.9 Å². The molecule has 0 N–H and O–H groups in total. The number of hydrogen-bond acceptors (Lipinski definition) is 6. The molecule has 0 aliphatic carbocycles. The second kappa shape index (κ2) is 63.4. The summed E-state index contributed by atoms with van der Waals surface area (Å²) in [5.41, 5.74) is 0. The van der Waals surface area contributed by atoms with Crippen molar-refractivity contribution < 1.29 is 28.6 Å². The van der Waals surface area contributed by atoms with Crippen molar-refractivity contribution in [2.24, 2.45) is 0 Å². The number of ether oxygens (including phenoxy) is 3. The molecule has 0 aromatic heterocycles. The van der Waals surface area contributed by atoms with Gasteiger partial charge in [-0.15, -0.1) is 0 Å². The minimum Gasteiger partial charge on any atom is -0.462 e. The molecule has 6 nitrogen and oxygen atoms in total. The normalized spacial score (nSPS) is 12.5. The van der Waals surface area contributed by atoms with E-state index in [9.17, 15) is 14.4 Å².